The number of phosphoric acid groups is 2. The minimum Gasteiger partial charge on any atom is -0.462 e. The van der Waals surface area contributed by atoms with Crippen LogP contribution < -0.4 is 0 Å². The average Bonchev–Trinajstić information content (AvgIpc) is 1.71. The summed E-state index contributed by atoms with van der Waals surface area (Å²) in [6.45, 7) is 9.54. The van der Waals surface area contributed by atoms with Crippen molar-refractivity contribution in [3.63, 3.8) is 0 Å². The van der Waals surface area contributed by atoms with Crippen LogP contribution in [0.3, 0.4) is 0 Å². The first kappa shape index (κ1) is 91.1. The lowest BCUT2D eigenvalue weighted by Gasteiger charge is -2.21. The highest BCUT2D eigenvalue weighted by Crippen LogP contribution is 2.45. The summed E-state index contributed by atoms with van der Waals surface area (Å²) < 4.78 is 68.2. The molecule has 0 saturated heterocycles. The Labute approximate surface area is 568 Å². The van der Waals surface area contributed by atoms with Gasteiger partial charge in [-0.25, -0.2) is 9.13 Å². The van der Waals surface area contributed by atoms with Gasteiger partial charge in [-0.05, 0) is 37.5 Å². The summed E-state index contributed by atoms with van der Waals surface area (Å²) in [5, 5.41) is 10.6. The second kappa shape index (κ2) is 66.0. The molecule has 0 heterocycles. The third-order valence-corrected chi connectivity index (χ3v) is 19.8. The number of phosphoric ester groups is 2. The van der Waals surface area contributed by atoms with Crippen LogP contribution in [0.1, 0.15) is 382 Å². The summed E-state index contributed by atoms with van der Waals surface area (Å²) >= 11 is 0. The molecule has 0 saturated carbocycles. The molecule has 0 radical (unpaired) electrons. The van der Waals surface area contributed by atoms with E-state index in [1.54, 1.807) is 0 Å². The second-order valence-corrected chi connectivity index (χ2v) is 30.1. The predicted octanol–water partition coefficient (Wildman–Crippen LogP) is 21.6. The van der Waals surface area contributed by atoms with Crippen LogP contribution in [0.15, 0.2) is 0 Å². The topological polar surface area (TPSA) is 237 Å². The number of unbranched alkanes of at least 4 members (excludes halogenated alkanes) is 41. The van der Waals surface area contributed by atoms with E-state index >= 15 is 0 Å². The molecule has 0 aliphatic heterocycles. The lowest BCUT2D eigenvalue weighted by molar-refractivity contribution is -0.161. The number of rotatable bonds is 73. The largest absolute Gasteiger partial charge is 0.472 e. The molecule has 0 spiro atoms. The molecule has 0 amide bonds. The third kappa shape index (κ3) is 65.8. The maximum absolute atomic E-state index is 13.1. The molecule has 0 aliphatic carbocycles. The molecule has 0 aromatic carbocycles. The summed E-state index contributed by atoms with van der Waals surface area (Å²) in [5.74, 6) is -0.517. The van der Waals surface area contributed by atoms with Crippen LogP contribution in [0.5, 0.6) is 0 Å². The predicted molar refractivity (Wildman–Crippen MR) is 377 cm³/mol. The fourth-order valence-corrected chi connectivity index (χ4v) is 12.8. The van der Waals surface area contributed by atoms with Gasteiger partial charge >= 0.3 is 39.5 Å². The van der Waals surface area contributed by atoms with Crippen LogP contribution in [0.2, 0.25) is 0 Å². The molecule has 7 atom stereocenters. The first-order chi connectivity index (χ1) is 44.9. The molecule has 0 bridgehead atoms. The van der Waals surface area contributed by atoms with Gasteiger partial charge in [-0.2, -0.15) is 0 Å². The zero-order valence-electron chi connectivity index (χ0n) is 60.6. The van der Waals surface area contributed by atoms with E-state index in [0.29, 0.717) is 25.7 Å². The molecule has 0 fully saturated rings. The third-order valence-electron chi connectivity index (χ3n) is 17.9. The molecular weight excluding hydrogens is 1220 g/mol. The van der Waals surface area contributed by atoms with Crippen molar-refractivity contribution in [1.29, 1.82) is 0 Å². The summed E-state index contributed by atoms with van der Waals surface area (Å²) in [7, 11) is -9.90. The summed E-state index contributed by atoms with van der Waals surface area (Å²) in [6, 6.07) is 0. The molecular formula is C74H144O17P2. The highest BCUT2D eigenvalue weighted by Gasteiger charge is 2.30. The van der Waals surface area contributed by atoms with Crippen LogP contribution in [0, 0.1) is 11.8 Å². The SMILES string of the molecule is CCCCCCCCCCCCCCCCCCCCCCC(=O)O[C@H](COC(=O)CCCCCCCCCCCCC(C)CC)COP(=O)(O)OC[C@@H](O)COP(=O)(O)OC[C@@H](COC(=O)CCCCCCC)OC(=O)CCCCCCCCCCCCC(C)CC. The monoisotopic (exact) mass is 1370 g/mol. The Bertz CT molecular complexity index is 1810. The fraction of sp³-hybridized carbons (Fsp3) is 0.946. The van der Waals surface area contributed by atoms with Gasteiger partial charge in [0.05, 0.1) is 26.4 Å². The summed E-state index contributed by atoms with van der Waals surface area (Å²) in [5.41, 5.74) is 0. The minimum absolute atomic E-state index is 0.105. The lowest BCUT2D eigenvalue weighted by atomic mass is 9.99. The molecule has 93 heavy (non-hydrogen) atoms. The normalized spacial score (nSPS) is 14.6. The van der Waals surface area contributed by atoms with Crippen molar-refractivity contribution in [2.75, 3.05) is 39.6 Å². The van der Waals surface area contributed by atoms with E-state index in [1.165, 1.54) is 193 Å². The van der Waals surface area contributed by atoms with Gasteiger partial charge < -0.3 is 33.8 Å². The van der Waals surface area contributed by atoms with E-state index in [0.717, 1.165) is 108 Å². The van der Waals surface area contributed by atoms with Crippen molar-refractivity contribution in [1.82, 2.24) is 0 Å². The fourth-order valence-electron chi connectivity index (χ4n) is 11.2. The van der Waals surface area contributed by atoms with Crippen LogP contribution in [0.25, 0.3) is 0 Å². The van der Waals surface area contributed by atoms with E-state index in [-0.39, 0.29) is 25.7 Å². The second-order valence-electron chi connectivity index (χ2n) is 27.2. The smallest absolute Gasteiger partial charge is 0.462 e. The number of hydrogen-bond donors (Lipinski definition) is 3. The Morgan fingerprint density at radius 2 is 0.516 bits per heavy atom. The maximum Gasteiger partial charge on any atom is 0.472 e. The Morgan fingerprint density at radius 3 is 0.763 bits per heavy atom. The zero-order valence-corrected chi connectivity index (χ0v) is 62.3. The van der Waals surface area contributed by atoms with E-state index in [2.05, 4.69) is 41.5 Å². The number of aliphatic hydroxyl groups is 1. The van der Waals surface area contributed by atoms with Gasteiger partial charge in [-0.15, -0.1) is 0 Å². The number of ether oxygens (including phenoxy) is 4. The molecule has 0 aromatic heterocycles. The number of hydrogen-bond acceptors (Lipinski definition) is 15. The van der Waals surface area contributed by atoms with Crippen molar-refractivity contribution < 1.29 is 80.2 Å². The Hall–Kier alpha value is -1.94. The summed E-state index contributed by atoms with van der Waals surface area (Å²) in [4.78, 5) is 72.5. The van der Waals surface area contributed by atoms with Crippen LogP contribution in [-0.2, 0) is 65.4 Å². The van der Waals surface area contributed by atoms with Gasteiger partial charge in [0.1, 0.15) is 19.3 Å². The molecule has 17 nitrogen and oxygen atoms in total. The maximum atomic E-state index is 13.1. The Kier molecular flexibility index (Phi) is 64.6. The summed E-state index contributed by atoms with van der Waals surface area (Å²) in [6.07, 6.45) is 53.1. The molecule has 4 unspecified atom stereocenters. The van der Waals surface area contributed by atoms with E-state index in [4.69, 9.17) is 37.0 Å². The van der Waals surface area contributed by atoms with Gasteiger partial charge in [-0.3, -0.25) is 37.3 Å². The number of aliphatic hydroxyl groups excluding tert-OH is 1. The van der Waals surface area contributed by atoms with Crippen LogP contribution >= 0.6 is 15.6 Å². The molecule has 19 heteroatoms. The lowest BCUT2D eigenvalue weighted by Crippen LogP contribution is -2.30. The Morgan fingerprint density at radius 1 is 0.301 bits per heavy atom. The molecule has 552 valence electrons. The first-order valence-corrected chi connectivity index (χ1v) is 41.6. The number of carbonyl (C=O) groups is 4. The highest BCUT2D eigenvalue weighted by atomic mass is 31.2. The molecule has 0 aliphatic rings. The van der Waals surface area contributed by atoms with Gasteiger partial charge in [0.25, 0.3) is 0 Å². The van der Waals surface area contributed by atoms with E-state index in [1.807, 2.05) is 0 Å². The van der Waals surface area contributed by atoms with Gasteiger partial charge in [0.15, 0.2) is 12.2 Å². The standard InChI is InChI=1S/C74H144O17P2/c1-7-11-13-15-16-17-18-19-20-21-22-23-24-25-26-27-35-40-46-52-58-74(79)91-70(63-85-72(77)57-51-45-39-34-30-28-32-37-43-48-54-66(5)9-3)65-89-93(82,83)87-61-68(75)60-86-92(80,81)88-64-69(62-84-71(76)56-50-42-14-12-8-2)90-73(78)59-53-47-41-36-31-29-33-38-44-49-55-67(6)10-4/h66-70,75H,7-65H2,1-6H3,(H,80,81)(H,82,83)/t66?,67?,68-,69+,70+/m0/s1. The van der Waals surface area contributed by atoms with E-state index < -0.39 is 97.5 Å². The molecule has 0 aromatic rings. The highest BCUT2D eigenvalue weighted by molar-refractivity contribution is 7.47. The van der Waals surface area contributed by atoms with Crippen molar-refractivity contribution >= 4 is 39.5 Å². The van der Waals surface area contributed by atoms with Crippen molar-refractivity contribution in [2.45, 2.75) is 400 Å². The van der Waals surface area contributed by atoms with Gasteiger partial charge in [0, 0.05) is 25.7 Å². The van der Waals surface area contributed by atoms with Crippen molar-refractivity contribution in [3.05, 3.63) is 0 Å². The zero-order chi connectivity index (χ0) is 68.6. The average molecular weight is 1370 g/mol. The van der Waals surface area contributed by atoms with Crippen LogP contribution in [-0.4, -0.2) is 96.7 Å². The van der Waals surface area contributed by atoms with E-state index in [9.17, 15) is 43.2 Å². The van der Waals surface area contributed by atoms with Crippen LogP contribution in [0.4, 0.5) is 0 Å². The molecule has 3 N–H and O–H groups in total. The molecule has 0 rings (SSSR count). The van der Waals surface area contributed by atoms with Gasteiger partial charge in [0.2, 0.25) is 0 Å². The number of carbonyl (C=O) groups excluding carboxylic acids is 4. The van der Waals surface area contributed by atoms with Crippen molar-refractivity contribution in [3.8, 4) is 0 Å². The number of esters is 4. The first-order valence-electron chi connectivity index (χ1n) is 38.6. The minimum atomic E-state index is -4.95. The van der Waals surface area contributed by atoms with Gasteiger partial charge in [-0.1, -0.05) is 330 Å². The van der Waals surface area contributed by atoms with Crippen molar-refractivity contribution in [2.24, 2.45) is 11.8 Å². The quantitative estimate of drug-likeness (QED) is 0.0222. The Balaban J connectivity index is 5.14.